The lowest BCUT2D eigenvalue weighted by molar-refractivity contribution is -0.0219. The third kappa shape index (κ3) is 3.64. The van der Waals surface area contributed by atoms with E-state index >= 15 is 0 Å². The molecule has 1 amide bonds. The molecule has 0 bridgehead atoms. The summed E-state index contributed by atoms with van der Waals surface area (Å²) in [5.41, 5.74) is 0.363. The highest BCUT2D eigenvalue weighted by molar-refractivity contribution is 9.10. The maximum Gasteiger partial charge on any atom is 0.410 e. The molecule has 1 fully saturated rings. The van der Waals surface area contributed by atoms with E-state index in [0.717, 1.165) is 26.7 Å². The number of amides is 1. The molecular weight excluding hydrogens is 372 g/mol. The van der Waals surface area contributed by atoms with Crippen LogP contribution in [0.2, 0.25) is 0 Å². The van der Waals surface area contributed by atoms with Crippen LogP contribution in [-0.2, 0) is 4.74 Å². The standard InChI is InChI=1S/C18H21BrN2O3/c1-11-16(15-7-13(19)6-5-12(15)8-20-11)23-14-9-21(10-14)17(22)24-18(2,3)4/h5-8,14H,9-10H2,1-4H3. The zero-order valence-corrected chi connectivity index (χ0v) is 15.9. The van der Waals surface area contributed by atoms with E-state index in [-0.39, 0.29) is 12.2 Å². The smallest absolute Gasteiger partial charge is 0.410 e. The summed E-state index contributed by atoms with van der Waals surface area (Å²) in [7, 11) is 0. The molecule has 24 heavy (non-hydrogen) atoms. The minimum atomic E-state index is -0.481. The molecule has 1 aliphatic rings. The van der Waals surface area contributed by atoms with Gasteiger partial charge in [-0.3, -0.25) is 4.98 Å². The monoisotopic (exact) mass is 392 g/mol. The number of likely N-dealkylation sites (tertiary alicyclic amines) is 1. The van der Waals surface area contributed by atoms with Crippen molar-refractivity contribution in [3.8, 4) is 5.75 Å². The number of nitrogens with zero attached hydrogens (tertiary/aromatic N) is 2. The van der Waals surface area contributed by atoms with Gasteiger partial charge >= 0.3 is 6.09 Å². The molecule has 1 aromatic heterocycles. The molecule has 128 valence electrons. The second-order valence-electron chi connectivity index (χ2n) is 7.03. The highest BCUT2D eigenvalue weighted by Crippen LogP contribution is 2.32. The third-order valence-electron chi connectivity index (χ3n) is 3.77. The Balaban J connectivity index is 1.70. The van der Waals surface area contributed by atoms with E-state index in [1.807, 2.05) is 52.1 Å². The van der Waals surface area contributed by atoms with Gasteiger partial charge in [0.05, 0.1) is 18.8 Å². The average molecular weight is 393 g/mol. The van der Waals surface area contributed by atoms with E-state index < -0.39 is 5.60 Å². The van der Waals surface area contributed by atoms with Gasteiger partial charge in [-0.1, -0.05) is 22.0 Å². The fraction of sp³-hybridized carbons (Fsp3) is 0.444. The summed E-state index contributed by atoms with van der Waals surface area (Å²) in [6, 6.07) is 6.02. The van der Waals surface area contributed by atoms with E-state index in [0.29, 0.717) is 13.1 Å². The van der Waals surface area contributed by atoms with E-state index in [1.54, 1.807) is 4.90 Å². The lowest BCUT2D eigenvalue weighted by atomic mass is 10.1. The molecule has 6 heteroatoms. The molecule has 2 aromatic rings. The minimum Gasteiger partial charge on any atom is -0.484 e. The molecule has 0 unspecified atom stereocenters. The van der Waals surface area contributed by atoms with Crippen LogP contribution in [0, 0.1) is 6.92 Å². The van der Waals surface area contributed by atoms with Crippen LogP contribution in [0.1, 0.15) is 26.5 Å². The Hall–Kier alpha value is -1.82. The maximum atomic E-state index is 12.0. The topological polar surface area (TPSA) is 51.7 Å². The fourth-order valence-corrected chi connectivity index (χ4v) is 2.92. The molecule has 0 spiro atoms. The number of ether oxygens (including phenoxy) is 2. The van der Waals surface area contributed by atoms with Crippen molar-refractivity contribution in [2.24, 2.45) is 0 Å². The van der Waals surface area contributed by atoms with Crippen molar-refractivity contribution in [3.63, 3.8) is 0 Å². The normalized spacial score (nSPS) is 15.3. The lowest BCUT2D eigenvalue weighted by Crippen LogP contribution is -2.57. The van der Waals surface area contributed by atoms with E-state index in [9.17, 15) is 4.79 Å². The first-order valence-corrected chi connectivity index (χ1v) is 8.72. The van der Waals surface area contributed by atoms with Crippen molar-refractivity contribution < 1.29 is 14.3 Å². The zero-order chi connectivity index (χ0) is 17.5. The number of aryl methyl sites for hydroxylation is 1. The Morgan fingerprint density at radius 1 is 1.33 bits per heavy atom. The van der Waals surface area contributed by atoms with E-state index in [2.05, 4.69) is 20.9 Å². The number of aromatic nitrogens is 1. The lowest BCUT2D eigenvalue weighted by Gasteiger charge is -2.39. The number of benzene rings is 1. The molecule has 1 saturated heterocycles. The van der Waals surface area contributed by atoms with Gasteiger partial charge in [0.2, 0.25) is 0 Å². The summed E-state index contributed by atoms with van der Waals surface area (Å²) in [4.78, 5) is 18.1. The summed E-state index contributed by atoms with van der Waals surface area (Å²) in [5.74, 6) is 0.780. The first kappa shape index (κ1) is 17.0. The Morgan fingerprint density at radius 2 is 2.04 bits per heavy atom. The number of carbonyl (C=O) groups excluding carboxylic acids is 1. The maximum absolute atomic E-state index is 12.0. The predicted molar refractivity (Wildman–Crippen MR) is 96.4 cm³/mol. The summed E-state index contributed by atoms with van der Waals surface area (Å²) >= 11 is 3.50. The van der Waals surface area contributed by atoms with Gasteiger partial charge < -0.3 is 14.4 Å². The minimum absolute atomic E-state index is 0.0393. The number of fused-ring (bicyclic) bond motifs is 1. The summed E-state index contributed by atoms with van der Waals surface area (Å²) in [6.45, 7) is 8.57. The highest BCUT2D eigenvalue weighted by Gasteiger charge is 2.35. The average Bonchev–Trinajstić information content (AvgIpc) is 2.42. The van der Waals surface area contributed by atoms with Crippen molar-refractivity contribution in [2.45, 2.75) is 39.4 Å². The van der Waals surface area contributed by atoms with Crippen molar-refractivity contribution in [3.05, 3.63) is 34.6 Å². The van der Waals surface area contributed by atoms with Crippen molar-refractivity contribution in [2.75, 3.05) is 13.1 Å². The number of hydrogen-bond donors (Lipinski definition) is 0. The van der Waals surface area contributed by atoms with Crippen LogP contribution >= 0.6 is 15.9 Å². The molecule has 3 rings (SSSR count). The van der Waals surface area contributed by atoms with Gasteiger partial charge in [0, 0.05) is 21.4 Å². The van der Waals surface area contributed by atoms with Gasteiger partial charge in [0.1, 0.15) is 17.5 Å². The molecule has 0 radical (unpaired) electrons. The van der Waals surface area contributed by atoms with Crippen molar-refractivity contribution in [1.82, 2.24) is 9.88 Å². The molecule has 5 nitrogen and oxygen atoms in total. The van der Waals surface area contributed by atoms with Gasteiger partial charge in [-0.25, -0.2) is 4.79 Å². The van der Waals surface area contributed by atoms with E-state index in [4.69, 9.17) is 9.47 Å². The fourth-order valence-electron chi connectivity index (χ4n) is 2.56. The number of hydrogen-bond acceptors (Lipinski definition) is 4. The quantitative estimate of drug-likeness (QED) is 0.763. The SMILES string of the molecule is Cc1ncc2ccc(Br)cc2c1OC1CN(C(=O)OC(C)(C)C)C1. The van der Waals surface area contributed by atoms with Crippen LogP contribution in [0.4, 0.5) is 4.79 Å². The van der Waals surface area contributed by atoms with Crippen molar-refractivity contribution >= 4 is 32.8 Å². The van der Waals surface area contributed by atoms with Crippen LogP contribution in [0.3, 0.4) is 0 Å². The summed E-state index contributed by atoms with van der Waals surface area (Å²) in [6.07, 6.45) is 1.51. The molecule has 0 saturated carbocycles. The number of carbonyl (C=O) groups is 1. The Labute approximate surface area is 150 Å². The molecule has 2 heterocycles. The van der Waals surface area contributed by atoms with Gasteiger partial charge in [0.25, 0.3) is 0 Å². The molecule has 1 aliphatic heterocycles. The van der Waals surface area contributed by atoms with Crippen LogP contribution < -0.4 is 4.74 Å². The van der Waals surface area contributed by atoms with Crippen LogP contribution in [0.25, 0.3) is 10.8 Å². The van der Waals surface area contributed by atoms with Crippen LogP contribution in [0.15, 0.2) is 28.9 Å². The second-order valence-corrected chi connectivity index (χ2v) is 7.95. The largest absolute Gasteiger partial charge is 0.484 e. The third-order valence-corrected chi connectivity index (χ3v) is 4.26. The zero-order valence-electron chi connectivity index (χ0n) is 14.3. The van der Waals surface area contributed by atoms with Gasteiger partial charge in [0.15, 0.2) is 0 Å². The number of halogens is 1. The van der Waals surface area contributed by atoms with Crippen LogP contribution in [0.5, 0.6) is 5.75 Å². The highest BCUT2D eigenvalue weighted by atomic mass is 79.9. The van der Waals surface area contributed by atoms with Gasteiger partial charge in [-0.15, -0.1) is 0 Å². The Bertz CT molecular complexity index is 774. The summed E-state index contributed by atoms with van der Waals surface area (Å²) < 4.78 is 12.5. The summed E-state index contributed by atoms with van der Waals surface area (Å²) in [5, 5.41) is 2.05. The van der Waals surface area contributed by atoms with Gasteiger partial charge in [-0.05, 0) is 39.8 Å². The Morgan fingerprint density at radius 3 is 2.71 bits per heavy atom. The number of pyridine rings is 1. The predicted octanol–water partition coefficient (Wildman–Crippen LogP) is 4.30. The molecule has 0 aliphatic carbocycles. The molecule has 0 atom stereocenters. The molecule has 0 N–H and O–H groups in total. The number of rotatable bonds is 2. The second kappa shape index (κ2) is 6.24. The van der Waals surface area contributed by atoms with E-state index in [1.165, 1.54) is 0 Å². The first-order valence-electron chi connectivity index (χ1n) is 7.92. The van der Waals surface area contributed by atoms with Crippen molar-refractivity contribution in [1.29, 1.82) is 0 Å². The van der Waals surface area contributed by atoms with Gasteiger partial charge in [-0.2, -0.15) is 0 Å². The molecule has 1 aromatic carbocycles. The first-order chi connectivity index (χ1) is 11.2. The van der Waals surface area contributed by atoms with Crippen LogP contribution in [-0.4, -0.2) is 40.8 Å². The molecular formula is C18H21BrN2O3. The Kier molecular flexibility index (Phi) is 4.42.